The third kappa shape index (κ3) is 5.37. The van der Waals surface area contributed by atoms with Gasteiger partial charge in [-0.05, 0) is 50.1 Å². The summed E-state index contributed by atoms with van der Waals surface area (Å²) in [4.78, 5) is 22.7. The van der Waals surface area contributed by atoms with Crippen molar-refractivity contribution in [3.05, 3.63) is 71.3 Å². The summed E-state index contributed by atoms with van der Waals surface area (Å²) < 4.78 is 0. The van der Waals surface area contributed by atoms with Gasteiger partial charge in [0.2, 0.25) is 0 Å². The number of rotatable bonds is 8. The van der Waals surface area contributed by atoms with Gasteiger partial charge in [0, 0.05) is 41.9 Å². The van der Waals surface area contributed by atoms with Gasteiger partial charge in [-0.1, -0.05) is 37.3 Å². The zero-order valence-corrected chi connectivity index (χ0v) is 21.5. The van der Waals surface area contributed by atoms with Crippen molar-refractivity contribution in [2.45, 2.75) is 68.8 Å². The molecule has 1 aliphatic carbocycles. The summed E-state index contributed by atoms with van der Waals surface area (Å²) in [6.07, 6.45) is 4.24. The van der Waals surface area contributed by atoms with Gasteiger partial charge in [0.15, 0.2) is 0 Å². The average Bonchev–Trinajstić information content (AvgIpc) is 3.46. The highest BCUT2D eigenvalue weighted by Gasteiger charge is 2.42. The van der Waals surface area contributed by atoms with Crippen LogP contribution in [0.1, 0.15) is 80.1 Å². The summed E-state index contributed by atoms with van der Waals surface area (Å²) >= 11 is 1.77. The second kappa shape index (κ2) is 10.4. The van der Waals surface area contributed by atoms with Crippen LogP contribution >= 0.6 is 11.8 Å². The van der Waals surface area contributed by atoms with Crippen LogP contribution in [0, 0.1) is 0 Å². The van der Waals surface area contributed by atoms with E-state index in [-0.39, 0.29) is 23.9 Å². The standard InChI is InChI=1S/C27H34N6OS/c1-4-35-22-13-12-21(28-15-22)14-29-27(34)32-16-23(19-8-6-5-7-9-19)24(17-32)26-25(20-10-11-20)30-33(31-26)18(2)3/h5-9,12-13,15,18,20,23-24H,4,10-11,14,16-17H2,1-3H3,(H,29,34). The van der Waals surface area contributed by atoms with E-state index in [0.717, 1.165) is 27.7 Å². The number of pyridine rings is 1. The maximum Gasteiger partial charge on any atom is 0.317 e. The van der Waals surface area contributed by atoms with E-state index in [1.54, 1.807) is 11.8 Å². The number of hydrogen-bond acceptors (Lipinski definition) is 5. The summed E-state index contributed by atoms with van der Waals surface area (Å²) in [5, 5.41) is 12.9. The van der Waals surface area contributed by atoms with Crippen LogP contribution in [0.2, 0.25) is 0 Å². The largest absolute Gasteiger partial charge is 0.332 e. The highest BCUT2D eigenvalue weighted by Crippen LogP contribution is 2.46. The normalized spacial score (nSPS) is 19.9. The fourth-order valence-electron chi connectivity index (χ4n) is 4.82. The minimum absolute atomic E-state index is 0.0496. The molecule has 1 N–H and O–H groups in total. The molecule has 1 saturated carbocycles. The molecule has 2 amide bonds. The van der Waals surface area contributed by atoms with Gasteiger partial charge in [-0.25, -0.2) is 4.79 Å². The minimum atomic E-state index is -0.0496. The number of urea groups is 1. The first-order valence-corrected chi connectivity index (χ1v) is 13.6. The zero-order valence-electron chi connectivity index (χ0n) is 20.7. The maximum absolute atomic E-state index is 13.2. The molecule has 2 aliphatic rings. The van der Waals surface area contributed by atoms with Crippen LogP contribution in [0.15, 0.2) is 53.6 Å². The molecule has 184 valence electrons. The van der Waals surface area contributed by atoms with Crippen LogP contribution in [-0.2, 0) is 6.54 Å². The van der Waals surface area contributed by atoms with E-state index in [9.17, 15) is 4.79 Å². The Kier molecular flexibility index (Phi) is 7.09. The van der Waals surface area contributed by atoms with Crippen molar-refractivity contribution >= 4 is 17.8 Å². The summed E-state index contributed by atoms with van der Waals surface area (Å²) in [5.41, 5.74) is 4.33. The molecule has 1 aromatic carbocycles. The number of nitrogens with zero attached hydrogens (tertiary/aromatic N) is 5. The van der Waals surface area contributed by atoms with Crippen LogP contribution in [0.3, 0.4) is 0 Å². The SMILES string of the molecule is CCSc1ccc(CNC(=O)N2CC(c3ccccc3)C(c3nn(C(C)C)nc3C3CC3)C2)nc1. The van der Waals surface area contributed by atoms with Crippen molar-refractivity contribution in [1.29, 1.82) is 0 Å². The van der Waals surface area contributed by atoms with Crippen molar-refractivity contribution in [1.82, 2.24) is 30.2 Å². The molecule has 2 fully saturated rings. The van der Waals surface area contributed by atoms with Crippen molar-refractivity contribution in [2.75, 3.05) is 18.8 Å². The number of carbonyl (C=O) groups excluding carboxylic acids is 1. The van der Waals surface area contributed by atoms with Gasteiger partial charge >= 0.3 is 6.03 Å². The van der Waals surface area contributed by atoms with Crippen molar-refractivity contribution in [2.24, 2.45) is 0 Å². The summed E-state index contributed by atoms with van der Waals surface area (Å²) in [7, 11) is 0. The molecule has 5 rings (SSSR count). The molecule has 0 bridgehead atoms. The van der Waals surface area contributed by atoms with Crippen molar-refractivity contribution < 1.29 is 4.79 Å². The Hall–Kier alpha value is -2.87. The lowest BCUT2D eigenvalue weighted by Crippen LogP contribution is -2.38. The van der Waals surface area contributed by atoms with Crippen LogP contribution in [-0.4, -0.2) is 49.8 Å². The van der Waals surface area contributed by atoms with Gasteiger partial charge in [0.1, 0.15) is 0 Å². The molecule has 8 heteroatoms. The van der Waals surface area contributed by atoms with E-state index in [2.05, 4.69) is 61.4 Å². The summed E-state index contributed by atoms with van der Waals surface area (Å²) in [6, 6.07) is 14.8. The molecular weight excluding hydrogens is 456 g/mol. The molecule has 2 atom stereocenters. The zero-order chi connectivity index (χ0) is 24.4. The summed E-state index contributed by atoms with van der Waals surface area (Å²) in [5.74, 6) is 1.86. The third-order valence-electron chi connectivity index (χ3n) is 6.82. The molecule has 2 aromatic heterocycles. The van der Waals surface area contributed by atoms with Crippen LogP contribution in [0.5, 0.6) is 0 Å². The molecule has 1 saturated heterocycles. The molecule has 3 heterocycles. The molecule has 3 aromatic rings. The van der Waals surface area contributed by atoms with E-state index >= 15 is 0 Å². The first-order chi connectivity index (χ1) is 17.0. The highest BCUT2D eigenvalue weighted by atomic mass is 32.2. The Labute approximate surface area is 211 Å². The van der Waals surface area contributed by atoms with Crippen LogP contribution in [0.4, 0.5) is 4.79 Å². The predicted octanol–water partition coefficient (Wildman–Crippen LogP) is 5.34. The smallest absolute Gasteiger partial charge is 0.317 e. The first kappa shape index (κ1) is 23.9. The minimum Gasteiger partial charge on any atom is -0.332 e. The number of likely N-dealkylation sites (tertiary alicyclic amines) is 1. The Balaban J connectivity index is 1.35. The summed E-state index contributed by atoms with van der Waals surface area (Å²) in [6.45, 7) is 8.09. The van der Waals surface area contributed by atoms with E-state index in [0.29, 0.717) is 25.6 Å². The molecule has 35 heavy (non-hydrogen) atoms. The number of thioether (sulfide) groups is 1. The van der Waals surface area contributed by atoms with Crippen molar-refractivity contribution in [3.63, 3.8) is 0 Å². The van der Waals surface area contributed by atoms with Crippen LogP contribution in [0.25, 0.3) is 0 Å². The van der Waals surface area contributed by atoms with E-state index in [1.165, 1.54) is 18.4 Å². The van der Waals surface area contributed by atoms with E-state index < -0.39 is 0 Å². The second-order valence-electron chi connectivity index (χ2n) is 9.76. The molecule has 1 aliphatic heterocycles. The number of carbonyl (C=O) groups is 1. The van der Waals surface area contributed by atoms with Gasteiger partial charge < -0.3 is 10.2 Å². The Morgan fingerprint density at radius 1 is 1.06 bits per heavy atom. The Morgan fingerprint density at radius 2 is 1.80 bits per heavy atom. The molecular formula is C27H34N6OS. The van der Waals surface area contributed by atoms with E-state index in [1.807, 2.05) is 28.0 Å². The Bertz CT molecular complexity index is 1140. The second-order valence-corrected chi connectivity index (χ2v) is 11.1. The fraction of sp³-hybridized carbons (Fsp3) is 0.481. The fourth-order valence-corrected chi connectivity index (χ4v) is 5.44. The number of aromatic nitrogens is 4. The lowest BCUT2D eigenvalue weighted by Gasteiger charge is -2.17. The maximum atomic E-state index is 13.2. The number of hydrogen-bond donors (Lipinski definition) is 1. The van der Waals surface area contributed by atoms with Gasteiger partial charge in [-0.3, -0.25) is 4.98 Å². The van der Waals surface area contributed by atoms with Crippen LogP contribution < -0.4 is 5.32 Å². The average molecular weight is 491 g/mol. The lowest BCUT2D eigenvalue weighted by atomic mass is 9.85. The van der Waals surface area contributed by atoms with Gasteiger partial charge in [0.25, 0.3) is 0 Å². The highest BCUT2D eigenvalue weighted by molar-refractivity contribution is 7.99. The van der Waals surface area contributed by atoms with Gasteiger partial charge in [-0.2, -0.15) is 15.0 Å². The molecule has 7 nitrogen and oxygen atoms in total. The number of nitrogens with one attached hydrogen (secondary N) is 1. The molecule has 0 radical (unpaired) electrons. The number of amides is 2. The topological polar surface area (TPSA) is 75.9 Å². The first-order valence-electron chi connectivity index (χ1n) is 12.7. The Morgan fingerprint density at radius 3 is 2.46 bits per heavy atom. The number of benzene rings is 1. The lowest BCUT2D eigenvalue weighted by molar-refractivity contribution is 0.207. The predicted molar refractivity (Wildman–Crippen MR) is 139 cm³/mol. The van der Waals surface area contributed by atoms with Gasteiger partial charge in [0.05, 0.1) is 29.7 Å². The van der Waals surface area contributed by atoms with E-state index in [4.69, 9.17) is 10.2 Å². The molecule has 2 unspecified atom stereocenters. The quantitative estimate of drug-likeness (QED) is 0.432. The monoisotopic (exact) mass is 490 g/mol. The van der Waals surface area contributed by atoms with Gasteiger partial charge in [-0.15, -0.1) is 11.8 Å². The van der Waals surface area contributed by atoms with Crippen molar-refractivity contribution in [3.8, 4) is 0 Å². The third-order valence-corrected chi connectivity index (χ3v) is 7.69. The molecule has 0 spiro atoms.